The van der Waals surface area contributed by atoms with E-state index in [4.69, 9.17) is 5.26 Å². The Labute approximate surface area is 84.8 Å². The summed E-state index contributed by atoms with van der Waals surface area (Å²) in [5.74, 6) is 0. The molecule has 0 saturated heterocycles. The Balaban J connectivity index is 2.03. The Hall–Kier alpha value is -1.33. The van der Waals surface area contributed by atoms with Gasteiger partial charge in [0.2, 0.25) is 0 Å². The number of rotatable bonds is 3. The molecule has 0 spiro atoms. The van der Waals surface area contributed by atoms with E-state index in [0.717, 1.165) is 19.4 Å². The van der Waals surface area contributed by atoms with E-state index in [-0.39, 0.29) is 5.54 Å². The summed E-state index contributed by atoms with van der Waals surface area (Å²) in [5.41, 5.74) is 1.12. The lowest BCUT2D eigenvalue weighted by Gasteiger charge is -2.21. The summed E-state index contributed by atoms with van der Waals surface area (Å²) in [6.45, 7) is 0.869. The molecule has 0 aliphatic heterocycles. The van der Waals surface area contributed by atoms with Crippen LogP contribution in [0, 0.1) is 11.3 Å². The number of hydrogen-bond donors (Lipinski definition) is 0. The topological polar surface area (TPSA) is 27.0 Å². The zero-order chi connectivity index (χ0) is 10.0. The van der Waals surface area contributed by atoms with Gasteiger partial charge in [-0.2, -0.15) is 5.26 Å². The Bertz CT molecular complexity index is 346. The van der Waals surface area contributed by atoms with Crippen molar-refractivity contribution in [2.75, 3.05) is 7.05 Å². The van der Waals surface area contributed by atoms with Crippen LogP contribution in [0.3, 0.4) is 0 Å². The average molecular weight is 186 g/mol. The minimum Gasteiger partial charge on any atom is -0.284 e. The molecule has 1 aromatic carbocycles. The zero-order valence-electron chi connectivity index (χ0n) is 8.40. The van der Waals surface area contributed by atoms with Gasteiger partial charge in [-0.3, -0.25) is 4.90 Å². The van der Waals surface area contributed by atoms with E-state index >= 15 is 0 Å². The minimum atomic E-state index is -0.157. The SMILES string of the molecule is CN(Cc1ccccc1)C1(C#N)CC1. The van der Waals surface area contributed by atoms with Gasteiger partial charge in [-0.15, -0.1) is 0 Å². The molecular weight excluding hydrogens is 172 g/mol. The van der Waals surface area contributed by atoms with E-state index < -0.39 is 0 Å². The van der Waals surface area contributed by atoms with Crippen LogP contribution >= 0.6 is 0 Å². The van der Waals surface area contributed by atoms with Crippen LogP contribution in [-0.2, 0) is 6.54 Å². The maximum atomic E-state index is 9.01. The molecular formula is C12H14N2. The van der Waals surface area contributed by atoms with Crippen molar-refractivity contribution in [1.29, 1.82) is 5.26 Å². The van der Waals surface area contributed by atoms with E-state index in [0.29, 0.717) is 0 Å². The highest BCUT2D eigenvalue weighted by molar-refractivity contribution is 5.21. The highest BCUT2D eigenvalue weighted by atomic mass is 15.2. The van der Waals surface area contributed by atoms with Crippen molar-refractivity contribution in [3.05, 3.63) is 35.9 Å². The van der Waals surface area contributed by atoms with Gasteiger partial charge >= 0.3 is 0 Å². The molecule has 2 heteroatoms. The highest BCUT2D eigenvalue weighted by Gasteiger charge is 2.46. The summed E-state index contributed by atoms with van der Waals surface area (Å²) in [7, 11) is 2.03. The van der Waals surface area contributed by atoms with Gasteiger partial charge in [-0.1, -0.05) is 30.3 Å². The van der Waals surface area contributed by atoms with Crippen molar-refractivity contribution in [1.82, 2.24) is 4.90 Å². The molecule has 14 heavy (non-hydrogen) atoms. The van der Waals surface area contributed by atoms with Crippen molar-refractivity contribution in [2.24, 2.45) is 0 Å². The zero-order valence-corrected chi connectivity index (χ0v) is 8.40. The first-order chi connectivity index (χ1) is 6.77. The van der Waals surface area contributed by atoms with E-state index in [1.165, 1.54) is 5.56 Å². The van der Waals surface area contributed by atoms with Gasteiger partial charge in [0.05, 0.1) is 6.07 Å². The van der Waals surface area contributed by atoms with Crippen LogP contribution in [0.1, 0.15) is 18.4 Å². The Morgan fingerprint density at radius 3 is 2.50 bits per heavy atom. The summed E-state index contributed by atoms with van der Waals surface area (Å²) in [4.78, 5) is 2.16. The lowest BCUT2D eigenvalue weighted by Crippen LogP contribution is -2.31. The fourth-order valence-electron chi connectivity index (χ4n) is 1.71. The van der Waals surface area contributed by atoms with E-state index in [9.17, 15) is 0 Å². The van der Waals surface area contributed by atoms with Crippen LogP contribution in [0.2, 0.25) is 0 Å². The summed E-state index contributed by atoms with van der Waals surface area (Å²) in [6.07, 6.45) is 2.04. The van der Waals surface area contributed by atoms with Gasteiger partial charge < -0.3 is 0 Å². The van der Waals surface area contributed by atoms with Crippen molar-refractivity contribution in [3.8, 4) is 6.07 Å². The fraction of sp³-hybridized carbons (Fsp3) is 0.417. The van der Waals surface area contributed by atoms with Gasteiger partial charge in [-0.25, -0.2) is 0 Å². The van der Waals surface area contributed by atoms with Crippen molar-refractivity contribution in [3.63, 3.8) is 0 Å². The normalized spacial score (nSPS) is 17.8. The molecule has 0 unspecified atom stereocenters. The standard InChI is InChI=1S/C12H14N2/c1-14(12(10-13)7-8-12)9-11-5-3-2-4-6-11/h2-6H,7-9H2,1H3. The summed E-state index contributed by atoms with van der Waals surface area (Å²) in [6, 6.07) is 12.7. The molecule has 0 bridgehead atoms. The van der Waals surface area contributed by atoms with Crippen molar-refractivity contribution >= 4 is 0 Å². The summed E-state index contributed by atoms with van der Waals surface area (Å²) < 4.78 is 0. The van der Waals surface area contributed by atoms with Crippen LogP contribution in [0.5, 0.6) is 0 Å². The van der Waals surface area contributed by atoms with E-state index in [2.05, 4.69) is 23.1 Å². The quantitative estimate of drug-likeness (QED) is 0.723. The third kappa shape index (κ3) is 1.64. The molecule has 1 saturated carbocycles. The van der Waals surface area contributed by atoms with Gasteiger partial charge in [0, 0.05) is 6.54 Å². The second-order valence-electron chi connectivity index (χ2n) is 3.99. The average Bonchev–Trinajstić information content (AvgIpc) is 3.00. The lowest BCUT2D eigenvalue weighted by molar-refractivity contribution is 0.262. The number of nitriles is 1. The molecule has 0 atom stereocenters. The number of hydrogen-bond acceptors (Lipinski definition) is 2. The fourth-order valence-corrected chi connectivity index (χ4v) is 1.71. The second-order valence-corrected chi connectivity index (χ2v) is 3.99. The predicted molar refractivity (Wildman–Crippen MR) is 55.5 cm³/mol. The van der Waals surface area contributed by atoms with Crippen molar-refractivity contribution in [2.45, 2.75) is 24.9 Å². The van der Waals surface area contributed by atoms with Gasteiger partial charge in [0.15, 0.2) is 0 Å². The maximum Gasteiger partial charge on any atom is 0.109 e. The van der Waals surface area contributed by atoms with Crippen LogP contribution < -0.4 is 0 Å². The van der Waals surface area contributed by atoms with E-state index in [1.807, 2.05) is 25.2 Å². The molecule has 2 nitrogen and oxygen atoms in total. The largest absolute Gasteiger partial charge is 0.284 e. The van der Waals surface area contributed by atoms with Gasteiger partial charge in [0.25, 0.3) is 0 Å². The Morgan fingerprint density at radius 2 is 2.00 bits per heavy atom. The van der Waals surface area contributed by atoms with Gasteiger partial charge in [0.1, 0.15) is 5.54 Å². The monoisotopic (exact) mass is 186 g/mol. The summed E-state index contributed by atoms with van der Waals surface area (Å²) >= 11 is 0. The third-order valence-corrected chi connectivity index (χ3v) is 2.92. The first-order valence-electron chi connectivity index (χ1n) is 4.93. The Morgan fingerprint density at radius 1 is 1.36 bits per heavy atom. The van der Waals surface area contributed by atoms with Crippen LogP contribution in [-0.4, -0.2) is 17.5 Å². The first-order valence-corrected chi connectivity index (χ1v) is 4.93. The smallest absolute Gasteiger partial charge is 0.109 e. The molecule has 72 valence electrons. The van der Waals surface area contributed by atoms with Crippen molar-refractivity contribution < 1.29 is 0 Å². The number of nitrogens with zero attached hydrogens (tertiary/aromatic N) is 2. The Kier molecular flexibility index (Phi) is 2.26. The van der Waals surface area contributed by atoms with Crippen LogP contribution in [0.15, 0.2) is 30.3 Å². The predicted octanol–water partition coefficient (Wildman–Crippen LogP) is 2.17. The number of benzene rings is 1. The molecule has 0 heterocycles. The lowest BCUT2D eigenvalue weighted by atomic mass is 10.2. The van der Waals surface area contributed by atoms with Crippen LogP contribution in [0.4, 0.5) is 0 Å². The first kappa shape index (κ1) is 9.23. The molecule has 0 aromatic heterocycles. The molecule has 1 aliphatic carbocycles. The third-order valence-electron chi connectivity index (χ3n) is 2.92. The minimum absolute atomic E-state index is 0.157. The highest BCUT2D eigenvalue weighted by Crippen LogP contribution is 2.40. The second kappa shape index (κ2) is 3.43. The molecule has 0 N–H and O–H groups in total. The molecule has 1 fully saturated rings. The van der Waals surface area contributed by atoms with Crippen LogP contribution in [0.25, 0.3) is 0 Å². The van der Waals surface area contributed by atoms with E-state index in [1.54, 1.807) is 0 Å². The maximum absolute atomic E-state index is 9.01. The molecule has 0 radical (unpaired) electrons. The molecule has 2 rings (SSSR count). The molecule has 1 aliphatic rings. The molecule has 1 aromatic rings. The van der Waals surface area contributed by atoms with Gasteiger partial charge in [-0.05, 0) is 25.5 Å². The molecule has 0 amide bonds. The summed E-state index contributed by atoms with van der Waals surface area (Å²) in [5, 5.41) is 9.01.